The van der Waals surface area contributed by atoms with Crippen molar-refractivity contribution in [1.82, 2.24) is 4.90 Å². The maximum atomic E-state index is 13.0. The Balaban J connectivity index is 1.48. The maximum absolute atomic E-state index is 13.0. The molecule has 0 spiro atoms. The van der Waals surface area contributed by atoms with Gasteiger partial charge in [0.2, 0.25) is 5.91 Å². The van der Waals surface area contributed by atoms with E-state index in [0.717, 1.165) is 11.1 Å². The molecule has 1 aliphatic rings. The van der Waals surface area contributed by atoms with Crippen molar-refractivity contribution < 1.29 is 23.9 Å². The van der Waals surface area contributed by atoms with Crippen LogP contribution in [-0.2, 0) is 16.1 Å². The van der Waals surface area contributed by atoms with E-state index in [4.69, 9.17) is 9.47 Å². The van der Waals surface area contributed by atoms with E-state index in [-0.39, 0.29) is 43.3 Å². The second-order valence-electron chi connectivity index (χ2n) is 9.09. The second kappa shape index (κ2) is 11.1. The Morgan fingerprint density at radius 2 is 1.75 bits per heavy atom. The molecule has 3 aromatic rings. The Morgan fingerprint density at radius 3 is 2.50 bits per heavy atom. The number of carbonyl (C=O) groups excluding carboxylic acids is 3. The summed E-state index contributed by atoms with van der Waals surface area (Å²) >= 11 is 0. The van der Waals surface area contributed by atoms with Crippen molar-refractivity contribution in [3.63, 3.8) is 0 Å². The smallest absolute Gasteiger partial charge is 0.265 e. The predicted molar refractivity (Wildman–Crippen MR) is 138 cm³/mol. The van der Waals surface area contributed by atoms with Gasteiger partial charge in [0, 0.05) is 19.2 Å². The molecule has 0 unspecified atom stereocenters. The van der Waals surface area contributed by atoms with Crippen molar-refractivity contribution in [2.45, 2.75) is 26.3 Å². The summed E-state index contributed by atoms with van der Waals surface area (Å²) in [5, 5.41) is 0. The molecule has 0 bridgehead atoms. The number of rotatable bonds is 9. The van der Waals surface area contributed by atoms with Crippen molar-refractivity contribution in [2.75, 3.05) is 31.7 Å². The van der Waals surface area contributed by atoms with Crippen molar-refractivity contribution in [1.29, 1.82) is 0 Å². The van der Waals surface area contributed by atoms with Gasteiger partial charge in [0.25, 0.3) is 5.91 Å². The molecule has 0 fully saturated rings. The summed E-state index contributed by atoms with van der Waals surface area (Å²) in [7, 11) is 1.70. The van der Waals surface area contributed by atoms with E-state index in [9.17, 15) is 14.4 Å². The number of nitrogens with zero attached hydrogens (tertiary/aromatic N) is 2. The third kappa shape index (κ3) is 5.74. The lowest BCUT2D eigenvalue weighted by Crippen LogP contribution is -2.45. The van der Waals surface area contributed by atoms with Crippen molar-refractivity contribution in [2.24, 2.45) is 0 Å². The van der Waals surface area contributed by atoms with Crippen LogP contribution in [0.25, 0.3) is 0 Å². The van der Waals surface area contributed by atoms with Crippen LogP contribution in [0.1, 0.15) is 41.3 Å². The van der Waals surface area contributed by atoms with Gasteiger partial charge in [-0.25, -0.2) is 0 Å². The molecule has 2 amide bonds. The van der Waals surface area contributed by atoms with E-state index in [1.807, 2.05) is 54.6 Å². The molecule has 1 heterocycles. The molecular weight excluding hydrogens is 456 g/mol. The number of amides is 2. The molecule has 1 aliphatic heterocycles. The van der Waals surface area contributed by atoms with Crippen molar-refractivity contribution >= 4 is 23.3 Å². The van der Waals surface area contributed by atoms with E-state index in [1.165, 1.54) is 4.90 Å². The molecule has 186 valence electrons. The topological polar surface area (TPSA) is 76.2 Å². The SMILES string of the molecule is CC(C)c1ccccc1OCC(=O)c1ccc2c(c1)N(CC(=O)N(C)Cc1ccccc1)C(=O)CO2. The van der Waals surface area contributed by atoms with Gasteiger partial charge in [0.05, 0.1) is 5.69 Å². The van der Waals surface area contributed by atoms with Crippen LogP contribution in [0.15, 0.2) is 72.8 Å². The number of para-hydroxylation sites is 1. The molecule has 0 saturated heterocycles. The summed E-state index contributed by atoms with van der Waals surface area (Å²) in [6.07, 6.45) is 0. The average molecular weight is 487 g/mol. The molecule has 7 nitrogen and oxygen atoms in total. The summed E-state index contributed by atoms with van der Waals surface area (Å²) in [5.41, 5.74) is 2.80. The van der Waals surface area contributed by atoms with Gasteiger partial charge >= 0.3 is 0 Å². The minimum absolute atomic E-state index is 0.143. The van der Waals surface area contributed by atoms with Gasteiger partial charge in [-0.1, -0.05) is 62.4 Å². The molecule has 4 rings (SSSR count). The first kappa shape index (κ1) is 25.0. The lowest BCUT2D eigenvalue weighted by molar-refractivity contribution is -0.131. The Labute approximate surface area is 211 Å². The monoisotopic (exact) mass is 486 g/mol. The van der Waals surface area contributed by atoms with Crippen LogP contribution in [-0.4, -0.2) is 49.3 Å². The van der Waals surface area contributed by atoms with Gasteiger partial charge in [0.15, 0.2) is 19.0 Å². The predicted octanol–water partition coefficient (Wildman–Crippen LogP) is 4.46. The largest absolute Gasteiger partial charge is 0.485 e. The summed E-state index contributed by atoms with van der Waals surface area (Å²) in [6.45, 7) is 4.11. The number of Topliss-reactive ketones (excluding diaryl/α,β-unsaturated/α-hetero) is 1. The average Bonchev–Trinajstić information content (AvgIpc) is 2.89. The van der Waals surface area contributed by atoms with Crippen LogP contribution in [0.2, 0.25) is 0 Å². The van der Waals surface area contributed by atoms with Gasteiger partial charge in [-0.3, -0.25) is 19.3 Å². The van der Waals surface area contributed by atoms with Crippen LogP contribution in [0, 0.1) is 0 Å². The first-order chi connectivity index (χ1) is 17.3. The van der Waals surface area contributed by atoms with Crippen molar-refractivity contribution in [3.05, 3.63) is 89.5 Å². The molecule has 3 aromatic carbocycles. The van der Waals surface area contributed by atoms with Gasteiger partial charge in [-0.05, 0) is 41.3 Å². The zero-order chi connectivity index (χ0) is 25.7. The number of hydrogen-bond donors (Lipinski definition) is 0. The molecule has 0 saturated carbocycles. The zero-order valence-electron chi connectivity index (χ0n) is 20.8. The van der Waals surface area contributed by atoms with Crippen LogP contribution >= 0.6 is 0 Å². The van der Waals surface area contributed by atoms with Crippen molar-refractivity contribution in [3.8, 4) is 11.5 Å². The minimum Gasteiger partial charge on any atom is -0.485 e. The first-order valence-electron chi connectivity index (χ1n) is 11.9. The van der Waals surface area contributed by atoms with Gasteiger partial charge in [0.1, 0.15) is 18.0 Å². The Kier molecular flexibility index (Phi) is 7.68. The van der Waals surface area contributed by atoms with Crippen LogP contribution in [0.3, 0.4) is 0 Å². The fourth-order valence-electron chi connectivity index (χ4n) is 4.07. The quantitative estimate of drug-likeness (QED) is 0.418. The van der Waals surface area contributed by atoms with E-state index in [0.29, 0.717) is 29.3 Å². The Morgan fingerprint density at radius 1 is 1.03 bits per heavy atom. The van der Waals surface area contributed by atoms with Crippen LogP contribution in [0.5, 0.6) is 11.5 Å². The standard InChI is InChI=1S/C29H30N2O5/c1-20(2)23-11-7-8-12-26(23)35-18-25(32)22-13-14-27-24(15-22)31(29(34)19-36-27)17-28(33)30(3)16-21-9-5-4-6-10-21/h4-15,20H,16-19H2,1-3H3. The first-order valence-corrected chi connectivity index (χ1v) is 11.9. The zero-order valence-corrected chi connectivity index (χ0v) is 20.8. The number of benzene rings is 3. The third-order valence-corrected chi connectivity index (χ3v) is 6.11. The second-order valence-corrected chi connectivity index (χ2v) is 9.09. The highest BCUT2D eigenvalue weighted by atomic mass is 16.5. The molecule has 0 aromatic heterocycles. The molecule has 36 heavy (non-hydrogen) atoms. The number of anilines is 1. The fourth-order valence-corrected chi connectivity index (χ4v) is 4.07. The maximum Gasteiger partial charge on any atom is 0.265 e. The summed E-state index contributed by atoms with van der Waals surface area (Å²) in [4.78, 5) is 41.5. The molecule has 0 aliphatic carbocycles. The number of likely N-dealkylation sites (N-methyl/N-ethyl adjacent to an activating group) is 1. The highest BCUT2D eigenvalue weighted by molar-refractivity contribution is 6.04. The fraction of sp³-hybridized carbons (Fsp3) is 0.276. The molecule has 0 N–H and O–H groups in total. The molecule has 0 atom stereocenters. The molecular formula is C29H30N2O5. The Bertz CT molecular complexity index is 1260. The normalized spacial score (nSPS) is 12.7. The summed E-state index contributed by atoms with van der Waals surface area (Å²) in [5.74, 6) is 0.596. The van der Waals surface area contributed by atoms with Gasteiger partial charge < -0.3 is 14.4 Å². The third-order valence-electron chi connectivity index (χ3n) is 6.11. The van der Waals surface area contributed by atoms with Gasteiger partial charge in [-0.2, -0.15) is 0 Å². The van der Waals surface area contributed by atoms with E-state index >= 15 is 0 Å². The number of ketones is 1. The number of carbonyl (C=O) groups is 3. The van der Waals surface area contributed by atoms with Gasteiger partial charge in [-0.15, -0.1) is 0 Å². The summed E-state index contributed by atoms with van der Waals surface area (Å²) < 4.78 is 11.4. The van der Waals surface area contributed by atoms with E-state index < -0.39 is 0 Å². The number of fused-ring (bicyclic) bond motifs is 1. The van der Waals surface area contributed by atoms with E-state index in [2.05, 4.69) is 13.8 Å². The molecule has 0 radical (unpaired) electrons. The number of hydrogen-bond acceptors (Lipinski definition) is 5. The van der Waals surface area contributed by atoms with Crippen LogP contribution < -0.4 is 14.4 Å². The number of ether oxygens (including phenoxy) is 2. The molecule has 7 heteroatoms. The minimum atomic E-state index is -0.337. The van der Waals surface area contributed by atoms with Crippen LogP contribution in [0.4, 0.5) is 5.69 Å². The highest BCUT2D eigenvalue weighted by Gasteiger charge is 2.29. The summed E-state index contributed by atoms with van der Waals surface area (Å²) in [6, 6.07) is 22.2. The lowest BCUT2D eigenvalue weighted by atomic mass is 10.0. The Hall–Kier alpha value is -4.13. The highest BCUT2D eigenvalue weighted by Crippen LogP contribution is 2.33. The van der Waals surface area contributed by atoms with E-state index in [1.54, 1.807) is 30.1 Å². The lowest BCUT2D eigenvalue weighted by Gasteiger charge is -2.30.